The molecule has 0 fully saturated rings. The molecule has 172 valence electrons. The fourth-order valence-electron chi connectivity index (χ4n) is 4.01. The molecule has 1 aromatic heterocycles. The Morgan fingerprint density at radius 3 is 2.79 bits per heavy atom. The van der Waals surface area contributed by atoms with Crippen LogP contribution in [0.25, 0.3) is 0 Å². The van der Waals surface area contributed by atoms with Crippen molar-refractivity contribution in [1.29, 1.82) is 0 Å². The number of anilines is 2. The maximum absolute atomic E-state index is 13.7. The molecule has 0 radical (unpaired) electrons. The molecule has 2 N–H and O–H groups in total. The van der Waals surface area contributed by atoms with E-state index in [2.05, 4.69) is 49.6 Å². The molecule has 1 aliphatic heterocycles. The summed E-state index contributed by atoms with van der Waals surface area (Å²) >= 11 is 3.58. The normalized spacial score (nSPS) is 15.1. The predicted molar refractivity (Wildman–Crippen MR) is 134 cm³/mol. The van der Waals surface area contributed by atoms with E-state index in [0.29, 0.717) is 18.1 Å². The molecular formula is C25H28BrN5O2. The average Bonchev–Trinajstić information content (AvgIpc) is 3.24. The lowest BCUT2D eigenvalue weighted by molar-refractivity contribution is -0.113. The van der Waals surface area contributed by atoms with Gasteiger partial charge < -0.3 is 15.4 Å². The number of benzene rings is 2. The molecule has 3 aromatic rings. The summed E-state index contributed by atoms with van der Waals surface area (Å²) in [5.74, 6) is 1.11. The first-order valence-electron chi connectivity index (χ1n) is 11.1. The Balaban J connectivity index is 1.78. The number of ether oxygens (including phenoxy) is 1. The maximum atomic E-state index is 13.7. The fraction of sp³-hybridized carbons (Fsp3) is 0.320. The van der Waals surface area contributed by atoms with Gasteiger partial charge in [-0.2, -0.15) is 10.1 Å². The molecule has 8 heteroatoms. The molecule has 1 aliphatic rings. The van der Waals surface area contributed by atoms with Gasteiger partial charge in [-0.25, -0.2) is 4.68 Å². The van der Waals surface area contributed by atoms with E-state index in [9.17, 15) is 4.79 Å². The van der Waals surface area contributed by atoms with E-state index in [4.69, 9.17) is 4.74 Å². The summed E-state index contributed by atoms with van der Waals surface area (Å²) in [6, 6.07) is 11.3. The number of aromatic nitrogens is 3. The molecule has 1 amide bonds. The standard InChI is InChI=1S/C25H28BrN5O2/c1-5-6-11-33-21-10-8-18(26)13-19(21)23-22(17(4)29-25-27-14-28-31(23)25)24(32)30-20-9-7-15(2)12-16(20)3/h7-10,12-14,23H,5-6,11H2,1-4H3,(H,30,32)(H,27,28,29). The number of aryl methyl sites for hydroxylation is 2. The lowest BCUT2D eigenvalue weighted by Gasteiger charge is -2.30. The van der Waals surface area contributed by atoms with Crippen LogP contribution >= 0.6 is 15.9 Å². The molecule has 2 heterocycles. The van der Waals surface area contributed by atoms with Gasteiger partial charge in [0.1, 0.15) is 18.1 Å². The summed E-state index contributed by atoms with van der Waals surface area (Å²) in [6.45, 7) is 8.64. The molecule has 0 spiro atoms. The van der Waals surface area contributed by atoms with Crippen LogP contribution in [-0.2, 0) is 4.79 Å². The number of halogens is 1. The van der Waals surface area contributed by atoms with Crippen LogP contribution in [0.5, 0.6) is 5.75 Å². The van der Waals surface area contributed by atoms with E-state index in [1.54, 1.807) is 4.68 Å². The number of nitrogens with one attached hydrogen (secondary N) is 2. The van der Waals surface area contributed by atoms with E-state index in [-0.39, 0.29) is 5.91 Å². The molecule has 0 saturated heterocycles. The summed E-state index contributed by atoms with van der Waals surface area (Å²) < 4.78 is 8.76. The van der Waals surface area contributed by atoms with Gasteiger partial charge in [0, 0.05) is 21.4 Å². The second-order valence-electron chi connectivity index (χ2n) is 8.25. The van der Waals surface area contributed by atoms with E-state index in [1.165, 1.54) is 6.33 Å². The van der Waals surface area contributed by atoms with Crippen molar-refractivity contribution in [3.63, 3.8) is 0 Å². The van der Waals surface area contributed by atoms with Crippen LogP contribution in [0.15, 0.2) is 58.5 Å². The fourth-order valence-corrected chi connectivity index (χ4v) is 4.39. The van der Waals surface area contributed by atoms with Crippen LogP contribution in [0.4, 0.5) is 11.6 Å². The number of rotatable bonds is 7. The lowest BCUT2D eigenvalue weighted by Crippen LogP contribution is -2.32. The molecule has 2 aromatic carbocycles. The highest BCUT2D eigenvalue weighted by molar-refractivity contribution is 9.10. The molecule has 33 heavy (non-hydrogen) atoms. The van der Waals surface area contributed by atoms with Gasteiger partial charge in [-0.1, -0.05) is 47.0 Å². The minimum Gasteiger partial charge on any atom is -0.493 e. The van der Waals surface area contributed by atoms with Gasteiger partial charge in [0.25, 0.3) is 5.91 Å². The zero-order valence-electron chi connectivity index (χ0n) is 19.3. The third kappa shape index (κ3) is 4.80. The Kier molecular flexibility index (Phi) is 6.83. The van der Waals surface area contributed by atoms with Crippen LogP contribution in [0.3, 0.4) is 0 Å². The van der Waals surface area contributed by atoms with Crippen molar-refractivity contribution < 1.29 is 9.53 Å². The van der Waals surface area contributed by atoms with Gasteiger partial charge in [0.2, 0.25) is 5.95 Å². The second-order valence-corrected chi connectivity index (χ2v) is 9.17. The topological polar surface area (TPSA) is 81.1 Å². The molecule has 1 atom stereocenters. The summed E-state index contributed by atoms with van der Waals surface area (Å²) in [5.41, 5.74) is 5.07. The molecule has 0 aliphatic carbocycles. The number of hydrogen-bond donors (Lipinski definition) is 2. The van der Waals surface area contributed by atoms with Crippen molar-refractivity contribution in [1.82, 2.24) is 14.8 Å². The van der Waals surface area contributed by atoms with Crippen LogP contribution in [0.1, 0.15) is 49.4 Å². The maximum Gasteiger partial charge on any atom is 0.255 e. The van der Waals surface area contributed by atoms with Crippen molar-refractivity contribution in [3.8, 4) is 5.75 Å². The smallest absolute Gasteiger partial charge is 0.255 e. The van der Waals surface area contributed by atoms with Crippen LogP contribution < -0.4 is 15.4 Å². The third-order valence-corrected chi connectivity index (χ3v) is 6.18. The van der Waals surface area contributed by atoms with Gasteiger partial charge in [0.15, 0.2) is 0 Å². The number of carbonyl (C=O) groups is 1. The quantitative estimate of drug-likeness (QED) is 0.395. The van der Waals surface area contributed by atoms with Crippen molar-refractivity contribution >= 4 is 33.5 Å². The summed E-state index contributed by atoms with van der Waals surface area (Å²) in [5, 5.41) is 10.8. The monoisotopic (exact) mass is 509 g/mol. The van der Waals surface area contributed by atoms with E-state index < -0.39 is 6.04 Å². The first-order chi connectivity index (χ1) is 15.9. The Hall–Kier alpha value is -3.13. The largest absolute Gasteiger partial charge is 0.493 e. The van der Waals surface area contributed by atoms with E-state index >= 15 is 0 Å². The SMILES string of the molecule is CCCCOc1ccc(Br)cc1C1C(C(=O)Nc2ccc(C)cc2C)=C(C)Nc2ncnn21. The lowest BCUT2D eigenvalue weighted by atomic mass is 9.94. The van der Waals surface area contributed by atoms with Crippen LogP contribution in [0.2, 0.25) is 0 Å². The summed E-state index contributed by atoms with van der Waals surface area (Å²) in [6.07, 6.45) is 3.48. The van der Waals surface area contributed by atoms with Gasteiger partial charge in [0.05, 0.1) is 12.2 Å². The van der Waals surface area contributed by atoms with Crippen molar-refractivity contribution in [2.24, 2.45) is 0 Å². The highest BCUT2D eigenvalue weighted by Crippen LogP contribution is 2.40. The minimum absolute atomic E-state index is 0.197. The van der Waals surface area contributed by atoms with Crippen molar-refractivity contribution in [2.45, 2.75) is 46.6 Å². The number of hydrogen-bond acceptors (Lipinski definition) is 5. The number of nitrogens with zero attached hydrogens (tertiary/aromatic N) is 3. The predicted octanol–water partition coefficient (Wildman–Crippen LogP) is 5.76. The zero-order valence-corrected chi connectivity index (χ0v) is 20.9. The molecule has 0 bridgehead atoms. The molecule has 7 nitrogen and oxygen atoms in total. The molecular weight excluding hydrogens is 482 g/mol. The second kappa shape index (κ2) is 9.79. The number of amides is 1. The van der Waals surface area contributed by atoms with E-state index in [0.717, 1.165) is 51.1 Å². The first-order valence-corrected chi connectivity index (χ1v) is 11.9. The van der Waals surface area contributed by atoms with Crippen LogP contribution in [0, 0.1) is 13.8 Å². The summed E-state index contributed by atoms with van der Waals surface area (Å²) in [4.78, 5) is 18.0. The average molecular weight is 510 g/mol. The minimum atomic E-state index is -0.497. The van der Waals surface area contributed by atoms with Gasteiger partial charge in [-0.05, 0) is 57.0 Å². The van der Waals surface area contributed by atoms with Crippen LogP contribution in [-0.4, -0.2) is 27.3 Å². The Bertz CT molecular complexity index is 1220. The first kappa shape index (κ1) is 23.0. The van der Waals surface area contributed by atoms with Gasteiger partial charge in [-0.3, -0.25) is 4.79 Å². The number of fused-ring (bicyclic) bond motifs is 1. The van der Waals surface area contributed by atoms with Gasteiger partial charge >= 0.3 is 0 Å². The number of carbonyl (C=O) groups excluding carboxylic acids is 1. The Labute approximate surface area is 202 Å². The highest BCUT2D eigenvalue weighted by Gasteiger charge is 2.35. The molecule has 4 rings (SSSR count). The third-order valence-electron chi connectivity index (χ3n) is 5.69. The van der Waals surface area contributed by atoms with E-state index in [1.807, 2.05) is 51.1 Å². The molecule has 1 unspecified atom stereocenters. The highest BCUT2D eigenvalue weighted by atomic mass is 79.9. The number of unbranched alkanes of at least 4 members (excludes halogenated alkanes) is 1. The Morgan fingerprint density at radius 2 is 2.03 bits per heavy atom. The summed E-state index contributed by atoms with van der Waals surface area (Å²) in [7, 11) is 0. The van der Waals surface area contributed by atoms with Crippen molar-refractivity contribution in [3.05, 3.63) is 75.2 Å². The molecule has 0 saturated carbocycles. The Morgan fingerprint density at radius 1 is 1.21 bits per heavy atom. The number of allylic oxidation sites excluding steroid dienone is 1. The zero-order chi connectivity index (χ0) is 23.5. The van der Waals surface area contributed by atoms with Crippen molar-refractivity contribution in [2.75, 3.05) is 17.2 Å². The van der Waals surface area contributed by atoms with Gasteiger partial charge in [-0.15, -0.1) is 0 Å².